The Morgan fingerprint density at radius 1 is 1.43 bits per heavy atom. The molecular weight excluding hydrogens is 300 g/mol. The predicted molar refractivity (Wildman–Crippen MR) is 75.2 cm³/mol. The average molecular weight is 309 g/mol. The summed E-state index contributed by atoms with van der Waals surface area (Å²) >= 11 is 6.00. The summed E-state index contributed by atoms with van der Waals surface area (Å²) in [5.74, 6) is 0.219. The Morgan fingerprint density at radius 3 is 2.81 bits per heavy atom. The highest BCUT2D eigenvalue weighted by atomic mass is 35.5. The van der Waals surface area contributed by atoms with E-state index in [2.05, 4.69) is 9.99 Å². The van der Waals surface area contributed by atoms with Gasteiger partial charge in [-0.25, -0.2) is 4.79 Å². The molecule has 0 spiro atoms. The topological polar surface area (TPSA) is 94.9 Å². The van der Waals surface area contributed by atoms with Gasteiger partial charge in [-0.1, -0.05) is 16.8 Å². The first-order valence-corrected chi connectivity index (χ1v) is 6.10. The molecule has 2 aromatic rings. The summed E-state index contributed by atoms with van der Waals surface area (Å²) in [5, 5.41) is 14.3. The molecule has 1 aromatic heterocycles. The van der Waals surface area contributed by atoms with Gasteiger partial charge in [-0.15, -0.1) is 0 Å². The van der Waals surface area contributed by atoms with Crippen molar-refractivity contribution >= 4 is 29.5 Å². The minimum Gasteiger partial charge on any atom is -0.455 e. The van der Waals surface area contributed by atoms with Crippen molar-refractivity contribution in [2.24, 2.45) is 5.16 Å². The Balaban J connectivity index is 2.23. The van der Waals surface area contributed by atoms with E-state index in [1.807, 2.05) is 0 Å². The molecule has 0 saturated heterocycles. The summed E-state index contributed by atoms with van der Waals surface area (Å²) < 4.78 is 5.44. The maximum absolute atomic E-state index is 10.6. The number of non-ortho nitro benzene ring substituents is 1. The van der Waals surface area contributed by atoms with E-state index in [0.717, 1.165) is 0 Å². The van der Waals surface area contributed by atoms with Crippen molar-refractivity contribution in [2.75, 3.05) is 0 Å². The molecule has 0 N–H and O–H groups in total. The van der Waals surface area contributed by atoms with Gasteiger partial charge in [0.1, 0.15) is 17.7 Å². The zero-order valence-corrected chi connectivity index (χ0v) is 11.5. The summed E-state index contributed by atoms with van der Waals surface area (Å²) in [6.07, 6.45) is 1.23. The largest absolute Gasteiger partial charge is 0.455 e. The van der Waals surface area contributed by atoms with Gasteiger partial charge in [-0.2, -0.15) is 0 Å². The van der Waals surface area contributed by atoms with Crippen LogP contribution in [0.5, 0.6) is 0 Å². The van der Waals surface area contributed by atoms with Crippen molar-refractivity contribution in [3.8, 4) is 11.3 Å². The maximum Gasteiger partial charge on any atom is 0.331 e. The Bertz CT molecular complexity index is 723. The second-order valence-corrected chi connectivity index (χ2v) is 4.35. The minimum absolute atomic E-state index is 0.105. The standard InChI is InChI=1S/C13H9ClN2O5/c1-8(17)21-15-7-10-3-5-13(20-10)11-4-2-9(16(18)19)6-12(11)14/h2-7H,1H3/b15-7-. The summed E-state index contributed by atoms with van der Waals surface area (Å²) in [6.45, 7) is 1.22. The molecule has 0 bridgehead atoms. The quantitative estimate of drug-likeness (QED) is 0.373. The molecular formula is C13H9ClN2O5. The zero-order chi connectivity index (χ0) is 15.4. The highest BCUT2D eigenvalue weighted by Crippen LogP contribution is 2.31. The molecule has 21 heavy (non-hydrogen) atoms. The Hall–Kier alpha value is -2.67. The first kappa shape index (κ1) is 14.7. The Morgan fingerprint density at radius 2 is 2.19 bits per heavy atom. The molecule has 0 amide bonds. The molecule has 0 atom stereocenters. The van der Waals surface area contributed by atoms with Gasteiger partial charge in [0.15, 0.2) is 0 Å². The number of nitro groups is 1. The van der Waals surface area contributed by atoms with E-state index in [4.69, 9.17) is 16.0 Å². The van der Waals surface area contributed by atoms with Crippen molar-refractivity contribution in [3.05, 3.63) is 51.2 Å². The van der Waals surface area contributed by atoms with Gasteiger partial charge in [-0.3, -0.25) is 10.1 Å². The lowest BCUT2D eigenvalue weighted by Gasteiger charge is -2.00. The fourth-order valence-corrected chi connectivity index (χ4v) is 1.80. The summed E-state index contributed by atoms with van der Waals surface area (Å²) in [6, 6.07) is 7.29. The molecule has 0 unspecified atom stereocenters. The van der Waals surface area contributed by atoms with Crippen LogP contribution in [0.4, 0.5) is 5.69 Å². The number of halogens is 1. The van der Waals surface area contributed by atoms with Crippen LogP contribution in [0.3, 0.4) is 0 Å². The lowest BCUT2D eigenvalue weighted by molar-refractivity contribution is -0.384. The highest BCUT2D eigenvalue weighted by molar-refractivity contribution is 6.33. The molecule has 0 radical (unpaired) electrons. The number of hydrogen-bond acceptors (Lipinski definition) is 6. The van der Waals surface area contributed by atoms with Crippen LogP contribution in [0, 0.1) is 10.1 Å². The van der Waals surface area contributed by atoms with E-state index in [-0.39, 0.29) is 10.7 Å². The number of nitro benzene ring substituents is 1. The fraction of sp³-hybridized carbons (Fsp3) is 0.0769. The molecule has 0 aliphatic carbocycles. The summed E-state index contributed by atoms with van der Waals surface area (Å²) in [5.41, 5.74) is 0.404. The van der Waals surface area contributed by atoms with Crippen molar-refractivity contribution in [1.29, 1.82) is 0 Å². The number of carbonyl (C=O) groups is 1. The average Bonchev–Trinajstić information content (AvgIpc) is 2.86. The van der Waals surface area contributed by atoms with Crippen LogP contribution in [0.15, 0.2) is 39.9 Å². The third-order valence-corrected chi connectivity index (χ3v) is 2.73. The molecule has 1 heterocycles. The Labute approximate surface area is 123 Å². The van der Waals surface area contributed by atoms with E-state index in [0.29, 0.717) is 17.1 Å². The smallest absolute Gasteiger partial charge is 0.331 e. The molecule has 0 saturated carbocycles. The number of furan rings is 1. The van der Waals surface area contributed by atoms with Gasteiger partial charge >= 0.3 is 5.97 Å². The molecule has 1 aromatic carbocycles. The molecule has 108 valence electrons. The number of benzene rings is 1. The van der Waals surface area contributed by atoms with Crippen molar-refractivity contribution in [2.45, 2.75) is 6.92 Å². The van der Waals surface area contributed by atoms with Gasteiger partial charge < -0.3 is 9.25 Å². The first-order chi connectivity index (χ1) is 9.97. The van der Waals surface area contributed by atoms with Gasteiger partial charge in [-0.05, 0) is 18.2 Å². The summed E-state index contributed by atoms with van der Waals surface area (Å²) in [4.78, 5) is 25.1. The third kappa shape index (κ3) is 3.67. The number of oxime groups is 1. The van der Waals surface area contributed by atoms with E-state index in [9.17, 15) is 14.9 Å². The molecule has 0 fully saturated rings. The monoisotopic (exact) mass is 308 g/mol. The van der Waals surface area contributed by atoms with Crippen LogP contribution >= 0.6 is 11.6 Å². The number of rotatable bonds is 4. The second kappa shape index (κ2) is 6.19. The lowest BCUT2D eigenvalue weighted by Crippen LogP contribution is -1.91. The lowest BCUT2D eigenvalue weighted by atomic mass is 10.1. The minimum atomic E-state index is -0.545. The van der Waals surface area contributed by atoms with Crippen LogP contribution in [0.1, 0.15) is 12.7 Å². The fourth-order valence-electron chi connectivity index (χ4n) is 1.54. The third-order valence-electron chi connectivity index (χ3n) is 2.42. The van der Waals surface area contributed by atoms with Crippen molar-refractivity contribution in [3.63, 3.8) is 0 Å². The van der Waals surface area contributed by atoms with Gasteiger partial charge in [0.05, 0.1) is 9.95 Å². The predicted octanol–water partition coefficient (Wildman–Crippen LogP) is 3.41. The van der Waals surface area contributed by atoms with Gasteiger partial charge in [0.2, 0.25) is 0 Å². The van der Waals surface area contributed by atoms with Crippen molar-refractivity contribution < 1.29 is 19.0 Å². The van der Waals surface area contributed by atoms with Crippen LogP contribution < -0.4 is 0 Å². The highest BCUT2D eigenvalue weighted by Gasteiger charge is 2.13. The van der Waals surface area contributed by atoms with Gasteiger partial charge in [0, 0.05) is 24.6 Å². The van der Waals surface area contributed by atoms with Crippen LogP contribution in [-0.2, 0) is 9.63 Å². The number of carbonyl (C=O) groups excluding carboxylic acids is 1. The molecule has 8 heteroatoms. The van der Waals surface area contributed by atoms with Crippen LogP contribution in [0.25, 0.3) is 11.3 Å². The van der Waals surface area contributed by atoms with Crippen LogP contribution in [0.2, 0.25) is 5.02 Å². The van der Waals surface area contributed by atoms with Gasteiger partial charge in [0.25, 0.3) is 5.69 Å². The molecule has 0 aliphatic rings. The van der Waals surface area contributed by atoms with E-state index >= 15 is 0 Å². The normalized spacial score (nSPS) is 10.8. The van der Waals surface area contributed by atoms with Crippen molar-refractivity contribution in [1.82, 2.24) is 0 Å². The maximum atomic E-state index is 10.6. The molecule has 2 rings (SSSR count). The molecule has 0 aliphatic heterocycles. The zero-order valence-electron chi connectivity index (χ0n) is 10.8. The van der Waals surface area contributed by atoms with E-state index < -0.39 is 10.9 Å². The Kier molecular flexibility index (Phi) is 4.34. The SMILES string of the molecule is CC(=O)O/N=C\c1ccc(-c2ccc([N+](=O)[O-])cc2Cl)o1. The first-order valence-electron chi connectivity index (χ1n) is 5.72. The van der Waals surface area contributed by atoms with E-state index in [1.54, 1.807) is 12.1 Å². The van der Waals surface area contributed by atoms with E-state index in [1.165, 1.54) is 31.3 Å². The summed E-state index contributed by atoms with van der Waals surface area (Å²) in [7, 11) is 0. The number of nitrogens with zero attached hydrogens (tertiary/aromatic N) is 2. The van der Waals surface area contributed by atoms with Crippen LogP contribution in [-0.4, -0.2) is 17.1 Å². The molecule has 7 nitrogen and oxygen atoms in total. The second-order valence-electron chi connectivity index (χ2n) is 3.94. The number of hydrogen-bond donors (Lipinski definition) is 0.